The molecular formula is C14H18Cl2N2O2. The van der Waals surface area contributed by atoms with Gasteiger partial charge in [-0.25, -0.2) is 0 Å². The molecule has 1 aromatic carbocycles. The number of likely N-dealkylation sites (tertiary alicyclic amines) is 1. The number of rotatable bonds is 3. The quantitative estimate of drug-likeness (QED) is 0.901. The number of hydrogen-bond donors (Lipinski definition) is 2. The summed E-state index contributed by atoms with van der Waals surface area (Å²) in [4.78, 5) is 14.0. The molecule has 1 atom stereocenters. The molecule has 2 N–H and O–H groups in total. The number of benzene rings is 1. The second-order valence-corrected chi connectivity index (χ2v) is 6.25. The van der Waals surface area contributed by atoms with Gasteiger partial charge in [0.2, 0.25) is 5.91 Å². The fourth-order valence-corrected chi connectivity index (χ4v) is 2.80. The van der Waals surface area contributed by atoms with Gasteiger partial charge in [0, 0.05) is 6.54 Å². The Balaban J connectivity index is 1.94. The van der Waals surface area contributed by atoms with E-state index >= 15 is 0 Å². The van der Waals surface area contributed by atoms with Gasteiger partial charge in [0.25, 0.3) is 0 Å². The van der Waals surface area contributed by atoms with E-state index in [9.17, 15) is 9.90 Å². The summed E-state index contributed by atoms with van der Waals surface area (Å²) >= 11 is 11.9. The Kier molecular flexibility index (Phi) is 4.91. The van der Waals surface area contributed by atoms with E-state index in [-0.39, 0.29) is 12.5 Å². The van der Waals surface area contributed by atoms with E-state index in [0.29, 0.717) is 22.3 Å². The van der Waals surface area contributed by atoms with Gasteiger partial charge < -0.3 is 10.4 Å². The van der Waals surface area contributed by atoms with Crippen LogP contribution in [-0.2, 0) is 4.79 Å². The monoisotopic (exact) mass is 316 g/mol. The number of halogens is 2. The van der Waals surface area contributed by atoms with Crippen LogP contribution in [0.4, 0.5) is 5.69 Å². The molecule has 0 radical (unpaired) electrons. The number of hydrogen-bond acceptors (Lipinski definition) is 3. The molecule has 6 heteroatoms. The molecule has 0 spiro atoms. The van der Waals surface area contributed by atoms with Crippen molar-refractivity contribution in [1.29, 1.82) is 0 Å². The molecule has 1 aliphatic heterocycles. The van der Waals surface area contributed by atoms with Gasteiger partial charge in [-0.3, -0.25) is 9.69 Å². The lowest BCUT2D eigenvalue weighted by Crippen LogP contribution is -2.48. The number of anilines is 1. The highest BCUT2D eigenvalue weighted by atomic mass is 35.5. The lowest BCUT2D eigenvalue weighted by atomic mass is 9.95. The zero-order valence-electron chi connectivity index (χ0n) is 11.3. The highest BCUT2D eigenvalue weighted by molar-refractivity contribution is 6.43. The molecule has 1 amide bonds. The van der Waals surface area contributed by atoms with Crippen molar-refractivity contribution in [2.45, 2.75) is 25.4 Å². The number of nitrogens with one attached hydrogen (secondary N) is 1. The summed E-state index contributed by atoms with van der Waals surface area (Å²) in [7, 11) is 0. The summed E-state index contributed by atoms with van der Waals surface area (Å²) in [6, 6.07) is 5.11. The van der Waals surface area contributed by atoms with Crippen LogP contribution in [0.15, 0.2) is 18.2 Å². The summed E-state index contributed by atoms with van der Waals surface area (Å²) in [5, 5.41) is 13.5. The van der Waals surface area contributed by atoms with Crippen LogP contribution in [0.25, 0.3) is 0 Å². The van der Waals surface area contributed by atoms with Crippen LogP contribution in [0.1, 0.15) is 19.8 Å². The number of carbonyl (C=O) groups excluding carboxylic acids is 1. The van der Waals surface area contributed by atoms with Crippen LogP contribution in [0, 0.1) is 0 Å². The molecule has 1 aromatic rings. The largest absolute Gasteiger partial charge is 0.389 e. The van der Waals surface area contributed by atoms with E-state index in [1.54, 1.807) is 25.1 Å². The number of carbonyl (C=O) groups is 1. The molecule has 0 bridgehead atoms. The van der Waals surface area contributed by atoms with Crippen LogP contribution in [0.3, 0.4) is 0 Å². The Morgan fingerprint density at radius 3 is 2.95 bits per heavy atom. The van der Waals surface area contributed by atoms with Crippen molar-refractivity contribution in [3.05, 3.63) is 28.2 Å². The summed E-state index contributed by atoms with van der Waals surface area (Å²) in [5.74, 6) is -0.160. The van der Waals surface area contributed by atoms with Crippen LogP contribution in [0.5, 0.6) is 0 Å². The fourth-order valence-electron chi connectivity index (χ4n) is 2.45. The van der Waals surface area contributed by atoms with Crippen molar-refractivity contribution in [1.82, 2.24) is 4.90 Å². The molecule has 0 saturated carbocycles. The SMILES string of the molecule is CC1(O)CCCN(CC(=O)Nc2cccc(Cl)c2Cl)C1. The molecule has 1 heterocycles. The Hall–Kier alpha value is -0.810. The van der Waals surface area contributed by atoms with E-state index in [0.717, 1.165) is 19.4 Å². The zero-order valence-corrected chi connectivity index (χ0v) is 12.8. The summed E-state index contributed by atoms with van der Waals surface area (Å²) in [5.41, 5.74) is -0.209. The molecule has 1 unspecified atom stereocenters. The minimum absolute atomic E-state index is 0.160. The van der Waals surface area contributed by atoms with E-state index in [4.69, 9.17) is 23.2 Å². The summed E-state index contributed by atoms with van der Waals surface area (Å²) < 4.78 is 0. The van der Waals surface area contributed by atoms with Crippen molar-refractivity contribution in [3.8, 4) is 0 Å². The maximum Gasteiger partial charge on any atom is 0.238 e. The van der Waals surface area contributed by atoms with Gasteiger partial charge in [0.1, 0.15) is 0 Å². The number of amides is 1. The molecule has 0 aliphatic carbocycles. The lowest BCUT2D eigenvalue weighted by Gasteiger charge is -2.36. The molecule has 20 heavy (non-hydrogen) atoms. The predicted molar refractivity (Wildman–Crippen MR) is 81.4 cm³/mol. The first-order valence-electron chi connectivity index (χ1n) is 6.56. The first kappa shape index (κ1) is 15.6. The van der Waals surface area contributed by atoms with Crippen molar-refractivity contribution < 1.29 is 9.90 Å². The Bertz CT molecular complexity index is 506. The third kappa shape index (κ3) is 4.09. The number of nitrogens with zero attached hydrogens (tertiary/aromatic N) is 1. The van der Waals surface area contributed by atoms with E-state index in [2.05, 4.69) is 5.32 Å². The third-order valence-electron chi connectivity index (χ3n) is 3.35. The van der Waals surface area contributed by atoms with Crippen molar-refractivity contribution >= 4 is 34.8 Å². The minimum atomic E-state index is -0.716. The van der Waals surface area contributed by atoms with Crippen LogP contribution in [0.2, 0.25) is 10.0 Å². The molecular weight excluding hydrogens is 299 g/mol. The van der Waals surface area contributed by atoms with Crippen LogP contribution >= 0.6 is 23.2 Å². The molecule has 4 nitrogen and oxygen atoms in total. The zero-order chi connectivity index (χ0) is 14.8. The van der Waals surface area contributed by atoms with E-state index < -0.39 is 5.60 Å². The molecule has 1 saturated heterocycles. The standard InChI is InChI=1S/C14H18Cl2N2O2/c1-14(20)6-3-7-18(9-14)8-12(19)17-11-5-2-4-10(15)13(11)16/h2,4-5,20H,3,6-9H2,1H3,(H,17,19). The van der Waals surface area contributed by atoms with Gasteiger partial charge in [-0.15, -0.1) is 0 Å². The second-order valence-electron chi connectivity index (χ2n) is 5.46. The molecule has 1 aliphatic rings. The van der Waals surface area contributed by atoms with Crippen molar-refractivity contribution in [3.63, 3.8) is 0 Å². The maximum atomic E-state index is 12.0. The van der Waals surface area contributed by atoms with Gasteiger partial charge >= 0.3 is 0 Å². The number of piperidine rings is 1. The lowest BCUT2D eigenvalue weighted by molar-refractivity contribution is -0.118. The van der Waals surface area contributed by atoms with Crippen molar-refractivity contribution in [2.75, 3.05) is 25.0 Å². The highest BCUT2D eigenvalue weighted by Gasteiger charge is 2.29. The fraction of sp³-hybridized carbons (Fsp3) is 0.500. The average Bonchev–Trinajstić information content (AvgIpc) is 2.33. The Labute approximate surface area is 128 Å². The molecule has 1 fully saturated rings. The molecule has 110 valence electrons. The Morgan fingerprint density at radius 2 is 2.25 bits per heavy atom. The van der Waals surface area contributed by atoms with E-state index in [1.165, 1.54) is 0 Å². The summed E-state index contributed by atoms with van der Waals surface area (Å²) in [6.45, 7) is 3.35. The average molecular weight is 317 g/mol. The number of aliphatic hydroxyl groups is 1. The van der Waals surface area contributed by atoms with E-state index in [1.807, 2.05) is 4.90 Å². The van der Waals surface area contributed by atoms with Gasteiger partial charge in [-0.05, 0) is 38.4 Å². The molecule has 2 rings (SSSR count). The maximum absolute atomic E-state index is 12.0. The first-order chi connectivity index (χ1) is 9.37. The van der Waals surface area contributed by atoms with Gasteiger partial charge in [0.05, 0.1) is 27.9 Å². The van der Waals surface area contributed by atoms with Crippen molar-refractivity contribution in [2.24, 2.45) is 0 Å². The smallest absolute Gasteiger partial charge is 0.238 e. The highest BCUT2D eigenvalue weighted by Crippen LogP contribution is 2.29. The number of β-amino-alcohol motifs (C(OH)–C–C–N with tert-alkyl or cyclic N) is 1. The molecule has 0 aromatic heterocycles. The Morgan fingerprint density at radius 1 is 1.50 bits per heavy atom. The topological polar surface area (TPSA) is 52.6 Å². The normalized spacial score (nSPS) is 23.6. The summed E-state index contributed by atoms with van der Waals surface area (Å²) in [6.07, 6.45) is 1.66. The van der Waals surface area contributed by atoms with Gasteiger partial charge in [0.15, 0.2) is 0 Å². The first-order valence-corrected chi connectivity index (χ1v) is 7.31. The van der Waals surface area contributed by atoms with Crippen LogP contribution < -0.4 is 5.32 Å². The minimum Gasteiger partial charge on any atom is -0.389 e. The third-order valence-corrected chi connectivity index (χ3v) is 4.17. The van der Waals surface area contributed by atoms with Gasteiger partial charge in [-0.1, -0.05) is 29.3 Å². The van der Waals surface area contributed by atoms with Crippen LogP contribution in [-0.4, -0.2) is 41.1 Å². The predicted octanol–water partition coefficient (Wildman–Crippen LogP) is 2.78. The second kappa shape index (κ2) is 6.31. The van der Waals surface area contributed by atoms with Gasteiger partial charge in [-0.2, -0.15) is 0 Å².